The molecule has 0 aliphatic heterocycles. The first-order valence-electron chi connectivity index (χ1n) is 7.46. The van der Waals surface area contributed by atoms with Gasteiger partial charge in [-0.2, -0.15) is 0 Å². The van der Waals surface area contributed by atoms with Crippen LogP contribution in [0.4, 0.5) is 16.2 Å². The first kappa shape index (κ1) is 19.1. The van der Waals surface area contributed by atoms with Gasteiger partial charge in [-0.15, -0.1) is 0 Å². The topological polar surface area (TPSA) is 79.5 Å². The molecule has 0 saturated heterocycles. The molecule has 128 valence electrons. The smallest absolute Gasteiger partial charge is 0.408 e. The van der Waals surface area contributed by atoms with Crippen LogP contribution in [0.3, 0.4) is 0 Å². The van der Waals surface area contributed by atoms with E-state index in [0.29, 0.717) is 17.3 Å². The van der Waals surface area contributed by atoms with Crippen molar-refractivity contribution in [1.29, 1.82) is 0 Å². The molecule has 23 heavy (non-hydrogen) atoms. The van der Waals surface area contributed by atoms with E-state index in [2.05, 4.69) is 16.0 Å². The van der Waals surface area contributed by atoms with Gasteiger partial charge in [-0.25, -0.2) is 4.79 Å². The number of carbonyl (C=O) groups is 2. The SMILES string of the molecule is CCNc1cc(Cl)ccc1NC(=O)C(C)NC(=O)OC(C)(C)C. The van der Waals surface area contributed by atoms with Crippen molar-refractivity contribution in [3.63, 3.8) is 0 Å². The van der Waals surface area contributed by atoms with E-state index < -0.39 is 17.7 Å². The monoisotopic (exact) mass is 341 g/mol. The predicted molar refractivity (Wildman–Crippen MR) is 93.1 cm³/mol. The minimum atomic E-state index is -0.741. The fourth-order valence-corrected chi connectivity index (χ4v) is 1.93. The van der Waals surface area contributed by atoms with Crippen LogP contribution < -0.4 is 16.0 Å². The second-order valence-corrected chi connectivity index (χ2v) is 6.51. The highest BCUT2D eigenvalue weighted by Crippen LogP contribution is 2.25. The fraction of sp³-hybridized carbons (Fsp3) is 0.500. The van der Waals surface area contributed by atoms with Gasteiger partial charge in [-0.05, 0) is 52.8 Å². The molecular weight excluding hydrogens is 318 g/mol. The lowest BCUT2D eigenvalue weighted by atomic mass is 10.2. The minimum Gasteiger partial charge on any atom is -0.444 e. The Bertz CT molecular complexity index is 570. The first-order valence-corrected chi connectivity index (χ1v) is 7.84. The molecule has 1 aromatic carbocycles. The van der Waals surface area contributed by atoms with Crippen LogP contribution in [0.15, 0.2) is 18.2 Å². The van der Waals surface area contributed by atoms with Gasteiger partial charge in [0.25, 0.3) is 0 Å². The second kappa shape index (κ2) is 8.06. The van der Waals surface area contributed by atoms with Gasteiger partial charge in [0, 0.05) is 11.6 Å². The Balaban J connectivity index is 2.70. The quantitative estimate of drug-likeness (QED) is 0.764. The van der Waals surface area contributed by atoms with E-state index in [1.165, 1.54) is 0 Å². The summed E-state index contributed by atoms with van der Waals surface area (Å²) in [6.45, 7) is 9.49. The Morgan fingerprint density at radius 3 is 2.48 bits per heavy atom. The molecule has 1 aromatic rings. The summed E-state index contributed by atoms with van der Waals surface area (Å²) in [4.78, 5) is 23.9. The van der Waals surface area contributed by atoms with Gasteiger partial charge in [0.1, 0.15) is 11.6 Å². The van der Waals surface area contributed by atoms with Gasteiger partial charge in [-0.1, -0.05) is 11.6 Å². The molecule has 0 fully saturated rings. The molecule has 2 amide bonds. The molecule has 7 heteroatoms. The van der Waals surface area contributed by atoms with Crippen molar-refractivity contribution >= 4 is 35.0 Å². The average molecular weight is 342 g/mol. The zero-order valence-corrected chi connectivity index (χ0v) is 14.9. The number of anilines is 2. The molecule has 1 unspecified atom stereocenters. The van der Waals surface area contributed by atoms with Crippen LogP contribution in [0.5, 0.6) is 0 Å². The summed E-state index contributed by atoms with van der Waals surface area (Å²) in [5.74, 6) is -0.350. The van der Waals surface area contributed by atoms with Crippen LogP contribution in [0, 0.1) is 0 Å². The lowest BCUT2D eigenvalue weighted by Gasteiger charge is -2.22. The van der Waals surface area contributed by atoms with E-state index in [1.54, 1.807) is 45.9 Å². The van der Waals surface area contributed by atoms with Crippen molar-refractivity contribution in [2.24, 2.45) is 0 Å². The van der Waals surface area contributed by atoms with Crippen molar-refractivity contribution in [3.8, 4) is 0 Å². The number of amides is 2. The van der Waals surface area contributed by atoms with E-state index in [9.17, 15) is 9.59 Å². The van der Waals surface area contributed by atoms with E-state index >= 15 is 0 Å². The number of hydrogen-bond acceptors (Lipinski definition) is 4. The third-order valence-electron chi connectivity index (χ3n) is 2.73. The predicted octanol–water partition coefficient (Wildman–Crippen LogP) is 3.62. The number of carbonyl (C=O) groups excluding carboxylic acids is 2. The Morgan fingerprint density at radius 2 is 1.91 bits per heavy atom. The van der Waals surface area contributed by atoms with E-state index in [-0.39, 0.29) is 5.91 Å². The summed E-state index contributed by atoms with van der Waals surface area (Å²) in [6, 6.07) is 4.38. The van der Waals surface area contributed by atoms with Gasteiger partial charge in [-0.3, -0.25) is 4.79 Å². The molecule has 0 aliphatic carbocycles. The molecule has 0 radical (unpaired) electrons. The Kier molecular flexibility index (Phi) is 6.69. The number of alkyl carbamates (subject to hydrolysis) is 1. The summed E-state index contributed by atoms with van der Waals surface area (Å²) >= 11 is 5.96. The lowest BCUT2D eigenvalue weighted by Crippen LogP contribution is -2.44. The molecule has 0 spiro atoms. The van der Waals surface area contributed by atoms with Crippen molar-refractivity contribution < 1.29 is 14.3 Å². The zero-order chi connectivity index (χ0) is 17.6. The largest absolute Gasteiger partial charge is 0.444 e. The Labute approximate surface area is 141 Å². The number of ether oxygens (including phenoxy) is 1. The van der Waals surface area contributed by atoms with Crippen LogP contribution in [-0.2, 0) is 9.53 Å². The van der Waals surface area contributed by atoms with Gasteiger partial charge >= 0.3 is 6.09 Å². The number of rotatable bonds is 5. The number of halogens is 1. The van der Waals surface area contributed by atoms with E-state index in [1.807, 2.05) is 6.92 Å². The van der Waals surface area contributed by atoms with Crippen molar-refractivity contribution in [2.75, 3.05) is 17.2 Å². The summed E-state index contributed by atoms with van der Waals surface area (Å²) < 4.78 is 5.13. The molecule has 0 saturated carbocycles. The third kappa shape index (κ3) is 6.78. The minimum absolute atomic E-state index is 0.350. The molecule has 0 aromatic heterocycles. The number of benzene rings is 1. The highest BCUT2D eigenvalue weighted by molar-refractivity contribution is 6.31. The van der Waals surface area contributed by atoms with Crippen LogP contribution in [0.25, 0.3) is 0 Å². The molecule has 6 nitrogen and oxygen atoms in total. The molecule has 0 heterocycles. The maximum atomic E-state index is 12.2. The van der Waals surface area contributed by atoms with Crippen LogP contribution >= 0.6 is 11.6 Å². The average Bonchev–Trinajstić information content (AvgIpc) is 2.39. The van der Waals surface area contributed by atoms with Gasteiger partial charge in [0.05, 0.1) is 11.4 Å². The highest BCUT2D eigenvalue weighted by atomic mass is 35.5. The summed E-state index contributed by atoms with van der Waals surface area (Å²) in [5, 5.41) is 8.95. The summed E-state index contributed by atoms with van der Waals surface area (Å²) in [5.41, 5.74) is 0.700. The normalized spacial score (nSPS) is 12.3. The zero-order valence-electron chi connectivity index (χ0n) is 14.1. The summed E-state index contributed by atoms with van der Waals surface area (Å²) in [6.07, 6.45) is -0.636. The van der Waals surface area contributed by atoms with E-state index in [4.69, 9.17) is 16.3 Å². The van der Waals surface area contributed by atoms with E-state index in [0.717, 1.165) is 5.69 Å². The Hall–Kier alpha value is -1.95. The molecular formula is C16H24ClN3O3. The molecule has 3 N–H and O–H groups in total. The van der Waals surface area contributed by atoms with Crippen molar-refractivity contribution in [2.45, 2.75) is 46.3 Å². The Morgan fingerprint density at radius 1 is 1.26 bits per heavy atom. The molecule has 0 bridgehead atoms. The molecule has 1 atom stereocenters. The van der Waals surface area contributed by atoms with Crippen LogP contribution in [0.1, 0.15) is 34.6 Å². The first-order chi connectivity index (χ1) is 10.6. The van der Waals surface area contributed by atoms with Crippen LogP contribution in [-0.4, -0.2) is 30.2 Å². The van der Waals surface area contributed by atoms with Gasteiger partial charge in [0.2, 0.25) is 5.91 Å². The third-order valence-corrected chi connectivity index (χ3v) is 2.97. The van der Waals surface area contributed by atoms with Crippen LogP contribution in [0.2, 0.25) is 5.02 Å². The fourth-order valence-electron chi connectivity index (χ4n) is 1.75. The highest BCUT2D eigenvalue weighted by Gasteiger charge is 2.21. The van der Waals surface area contributed by atoms with Crippen molar-refractivity contribution in [1.82, 2.24) is 5.32 Å². The summed E-state index contributed by atoms with van der Waals surface area (Å²) in [7, 11) is 0. The van der Waals surface area contributed by atoms with Gasteiger partial charge in [0.15, 0.2) is 0 Å². The molecule has 0 aliphatic rings. The lowest BCUT2D eigenvalue weighted by molar-refractivity contribution is -0.117. The van der Waals surface area contributed by atoms with Crippen molar-refractivity contribution in [3.05, 3.63) is 23.2 Å². The maximum absolute atomic E-state index is 12.2. The number of nitrogens with one attached hydrogen (secondary N) is 3. The number of hydrogen-bond donors (Lipinski definition) is 3. The standard InChI is InChI=1S/C16H24ClN3O3/c1-6-18-13-9-11(17)7-8-12(13)20-14(21)10(2)19-15(22)23-16(3,4)5/h7-10,18H,6H2,1-5H3,(H,19,22)(H,20,21). The second-order valence-electron chi connectivity index (χ2n) is 6.08. The van der Waals surface area contributed by atoms with Gasteiger partial charge < -0.3 is 20.7 Å². The molecule has 1 rings (SSSR count). The maximum Gasteiger partial charge on any atom is 0.408 e.